The SMILES string of the molecule is O=C(Nc1ccc(-c2nnnn2C2CC2)cc1)c1ccc(F)c(S(=O)(=O)N2CCOCC2)c1. The first kappa shape index (κ1) is 21.6. The Balaban J connectivity index is 1.34. The standard InChI is InChI=1S/C21H21FN6O4S/c22-18-8-3-15(13-19(18)33(30,31)27-9-11-32-12-10-27)21(29)23-16-4-1-14(2-5-16)20-24-25-26-28(20)17-6-7-17/h1-5,8,13,17H,6-7,9-12H2,(H,23,29). The molecule has 0 atom stereocenters. The van der Waals surface area contributed by atoms with E-state index in [1.807, 2.05) is 0 Å². The molecule has 1 N–H and O–H groups in total. The number of ether oxygens (including phenoxy) is 1. The maximum atomic E-state index is 14.4. The summed E-state index contributed by atoms with van der Waals surface area (Å²) < 4.78 is 48.2. The summed E-state index contributed by atoms with van der Waals surface area (Å²) in [5.74, 6) is -0.799. The number of amides is 1. The molecule has 0 unspecified atom stereocenters. The Morgan fingerprint density at radius 2 is 1.82 bits per heavy atom. The van der Waals surface area contributed by atoms with Gasteiger partial charge in [0.25, 0.3) is 5.91 Å². The molecule has 0 radical (unpaired) electrons. The van der Waals surface area contributed by atoms with Crippen molar-refractivity contribution in [3.63, 3.8) is 0 Å². The number of hydrogen-bond donors (Lipinski definition) is 1. The molecule has 10 nitrogen and oxygen atoms in total. The minimum atomic E-state index is -4.08. The number of nitrogens with one attached hydrogen (secondary N) is 1. The van der Waals surface area contributed by atoms with Crippen LogP contribution >= 0.6 is 0 Å². The third-order valence-corrected chi connectivity index (χ3v) is 7.48. The van der Waals surface area contributed by atoms with Gasteiger partial charge in [-0.1, -0.05) is 0 Å². The van der Waals surface area contributed by atoms with Crippen molar-refractivity contribution in [3.05, 3.63) is 53.8 Å². The lowest BCUT2D eigenvalue weighted by atomic mass is 10.1. The van der Waals surface area contributed by atoms with Gasteiger partial charge in [0.15, 0.2) is 5.82 Å². The average Bonchev–Trinajstić information content (AvgIpc) is 3.56. The van der Waals surface area contributed by atoms with Crippen LogP contribution in [0.2, 0.25) is 0 Å². The van der Waals surface area contributed by atoms with Crippen LogP contribution in [0.1, 0.15) is 29.2 Å². The molecule has 33 heavy (non-hydrogen) atoms. The number of carbonyl (C=O) groups excluding carboxylic acids is 1. The van der Waals surface area contributed by atoms with Crippen LogP contribution in [0, 0.1) is 5.82 Å². The van der Waals surface area contributed by atoms with Crippen LogP contribution in [0.25, 0.3) is 11.4 Å². The number of hydrogen-bond acceptors (Lipinski definition) is 7. The molecule has 172 valence electrons. The minimum Gasteiger partial charge on any atom is -0.379 e. The highest BCUT2D eigenvalue weighted by Gasteiger charge is 2.30. The lowest BCUT2D eigenvalue weighted by Gasteiger charge is -2.26. The summed E-state index contributed by atoms with van der Waals surface area (Å²) in [6.07, 6.45) is 2.10. The molecule has 2 fully saturated rings. The van der Waals surface area contributed by atoms with Crippen molar-refractivity contribution in [2.24, 2.45) is 0 Å². The Labute approximate surface area is 189 Å². The molecule has 2 aliphatic rings. The van der Waals surface area contributed by atoms with Crippen LogP contribution in [-0.2, 0) is 14.8 Å². The second kappa shape index (κ2) is 8.61. The Hall–Kier alpha value is -3.22. The lowest BCUT2D eigenvalue weighted by molar-refractivity contribution is 0.0729. The van der Waals surface area contributed by atoms with Gasteiger partial charge < -0.3 is 10.1 Å². The number of rotatable bonds is 6. The zero-order chi connectivity index (χ0) is 23.0. The number of tetrazole rings is 1. The van der Waals surface area contributed by atoms with Gasteiger partial charge in [-0.2, -0.15) is 4.31 Å². The van der Waals surface area contributed by atoms with Crippen LogP contribution in [-0.4, -0.2) is 65.1 Å². The van der Waals surface area contributed by atoms with Crippen molar-refractivity contribution in [3.8, 4) is 11.4 Å². The van der Waals surface area contributed by atoms with Gasteiger partial charge in [-0.25, -0.2) is 17.5 Å². The number of anilines is 1. The van der Waals surface area contributed by atoms with Crippen LogP contribution in [0.15, 0.2) is 47.4 Å². The predicted octanol–water partition coefficient (Wildman–Crippen LogP) is 2.09. The summed E-state index contributed by atoms with van der Waals surface area (Å²) in [4.78, 5) is 12.2. The van der Waals surface area contributed by atoms with E-state index < -0.39 is 26.6 Å². The fourth-order valence-electron chi connectivity index (χ4n) is 3.62. The van der Waals surface area contributed by atoms with Gasteiger partial charge in [-0.3, -0.25) is 4.79 Å². The quantitative estimate of drug-likeness (QED) is 0.583. The first-order valence-corrected chi connectivity index (χ1v) is 11.9. The highest BCUT2D eigenvalue weighted by Crippen LogP contribution is 2.36. The minimum absolute atomic E-state index is 0.0324. The summed E-state index contributed by atoms with van der Waals surface area (Å²) in [6, 6.07) is 10.6. The van der Waals surface area contributed by atoms with Gasteiger partial charge in [0.05, 0.1) is 19.3 Å². The first-order chi connectivity index (χ1) is 15.9. The largest absolute Gasteiger partial charge is 0.379 e. The first-order valence-electron chi connectivity index (χ1n) is 10.5. The van der Waals surface area contributed by atoms with Crippen molar-refractivity contribution < 1.29 is 22.3 Å². The Kier molecular flexibility index (Phi) is 5.64. The lowest BCUT2D eigenvalue weighted by Crippen LogP contribution is -2.41. The van der Waals surface area contributed by atoms with Crippen LogP contribution in [0.3, 0.4) is 0 Å². The highest BCUT2D eigenvalue weighted by atomic mass is 32.2. The van der Waals surface area contributed by atoms with Crippen molar-refractivity contribution >= 4 is 21.6 Å². The third-order valence-electron chi connectivity index (χ3n) is 5.57. The number of halogens is 1. The Morgan fingerprint density at radius 3 is 2.52 bits per heavy atom. The van der Waals surface area contributed by atoms with Crippen LogP contribution < -0.4 is 5.32 Å². The maximum absolute atomic E-state index is 14.4. The average molecular weight is 473 g/mol. The van der Waals surface area contributed by atoms with Crippen molar-refractivity contribution in [1.29, 1.82) is 0 Å². The summed E-state index contributed by atoms with van der Waals surface area (Å²) in [6.45, 7) is 0.747. The highest BCUT2D eigenvalue weighted by molar-refractivity contribution is 7.89. The number of aromatic nitrogens is 4. The van der Waals surface area contributed by atoms with E-state index in [1.165, 1.54) is 6.07 Å². The molecule has 1 aliphatic carbocycles. The molecule has 1 aromatic heterocycles. The molecule has 1 aliphatic heterocycles. The molecule has 5 rings (SSSR count). The summed E-state index contributed by atoms with van der Waals surface area (Å²) in [7, 11) is -4.08. The second-order valence-electron chi connectivity index (χ2n) is 7.87. The maximum Gasteiger partial charge on any atom is 0.255 e. The monoisotopic (exact) mass is 472 g/mol. The molecule has 2 heterocycles. The van der Waals surface area contributed by atoms with Crippen LogP contribution in [0.4, 0.5) is 10.1 Å². The molecule has 0 spiro atoms. The molecule has 2 aromatic carbocycles. The molecular formula is C21H21FN6O4S. The van der Waals surface area contributed by atoms with E-state index in [0.717, 1.165) is 34.8 Å². The fourth-order valence-corrected chi connectivity index (χ4v) is 5.12. The normalized spacial score (nSPS) is 17.1. The van der Waals surface area contributed by atoms with Gasteiger partial charge in [-0.05, 0) is 65.7 Å². The molecule has 1 saturated carbocycles. The number of sulfonamides is 1. The van der Waals surface area contributed by atoms with E-state index >= 15 is 0 Å². The van der Waals surface area contributed by atoms with E-state index in [2.05, 4.69) is 20.8 Å². The van der Waals surface area contributed by atoms with Crippen molar-refractivity contribution in [2.45, 2.75) is 23.8 Å². The van der Waals surface area contributed by atoms with Gasteiger partial charge >= 0.3 is 0 Å². The van der Waals surface area contributed by atoms with Gasteiger partial charge in [-0.15, -0.1) is 5.10 Å². The van der Waals surface area contributed by atoms with E-state index in [4.69, 9.17) is 4.74 Å². The number of nitrogens with zero attached hydrogens (tertiary/aromatic N) is 5. The number of benzene rings is 2. The van der Waals surface area contributed by atoms with Crippen molar-refractivity contribution in [2.75, 3.05) is 31.6 Å². The topological polar surface area (TPSA) is 119 Å². The molecule has 3 aromatic rings. The molecular weight excluding hydrogens is 451 g/mol. The summed E-state index contributed by atoms with van der Waals surface area (Å²) >= 11 is 0. The zero-order valence-electron chi connectivity index (χ0n) is 17.5. The number of carbonyl (C=O) groups is 1. The smallest absolute Gasteiger partial charge is 0.255 e. The predicted molar refractivity (Wildman–Crippen MR) is 115 cm³/mol. The number of morpholine rings is 1. The fraction of sp³-hybridized carbons (Fsp3) is 0.333. The Bertz CT molecular complexity index is 1280. The van der Waals surface area contributed by atoms with Gasteiger partial charge in [0, 0.05) is 29.9 Å². The van der Waals surface area contributed by atoms with E-state index in [-0.39, 0.29) is 31.9 Å². The van der Waals surface area contributed by atoms with E-state index in [9.17, 15) is 17.6 Å². The molecule has 1 amide bonds. The summed E-state index contributed by atoms with van der Waals surface area (Å²) in [5, 5.41) is 14.6. The molecule has 1 saturated heterocycles. The second-order valence-corrected chi connectivity index (χ2v) is 9.78. The molecule has 12 heteroatoms. The van der Waals surface area contributed by atoms with Gasteiger partial charge in [0.2, 0.25) is 10.0 Å². The van der Waals surface area contributed by atoms with E-state index in [1.54, 1.807) is 28.9 Å². The zero-order valence-corrected chi connectivity index (χ0v) is 18.3. The summed E-state index contributed by atoms with van der Waals surface area (Å²) in [5.41, 5.74) is 1.34. The van der Waals surface area contributed by atoms with Crippen LogP contribution in [0.5, 0.6) is 0 Å². The third kappa shape index (κ3) is 4.36. The Morgan fingerprint density at radius 1 is 1.09 bits per heavy atom. The van der Waals surface area contributed by atoms with E-state index in [0.29, 0.717) is 17.6 Å². The van der Waals surface area contributed by atoms with Gasteiger partial charge in [0.1, 0.15) is 10.7 Å². The van der Waals surface area contributed by atoms with Crippen molar-refractivity contribution in [1.82, 2.24) is 24.5 Å². The molecule has 0 bridgehead atoms.